The lowest BCUT2D eigenvalue weighted by Crippen LogP contribution is -2.22. The molecule has 110 valence electrons. The summed E-state index contributed by atoms with van der Waals surface area (Å²) in [6.07, 6.45) is 0.936. The molecule has 1 aromatic heterocycles. The number of rotatable bonds is 5. The van der Waals surface area contributed by atoms with Gasteiger partial charge in [-0.2, -0.15) is 0 Å². The van der Waals surface area contributed by atoms with E-state index in [4.69, 9.17) is 17.3 Å². The summed E-state index contributed by atoms with van der Waals surface area (Å²) >= 11 is 9.13. The van der Waals surface area contributed by atoms with Gasteiger partial charge in [0, 0.05) is 22.7 Å². The molecule has 0 fully saturated rings. The van der Waals surface area contributed by atoms with E-state index >= 15 is 0 Å². The number of primary amides is 1. The van der Waals surface area contributed by atoms with E-state index in [1.165, 1.54) is 6.20 Å². The highest BCUT2D eigenvalue weighted by atomic mass is 79.9. The van der Waals surface area contributed by atoms with Gasteiger partial charge in [-0.3, -0.25) is 4.79 Å². The summed E-state index contributed by atoms with van der Waals surface area (Å²) in [6, 6.07) is 8.48. The molecule has 0 aliphatic carbocycles. The Morgan fingerprint density at radius 2 is 2.24 bits per heavy atom. The topological polar surface area (TPSA) is 88.2 Å². The van der Waals surface area contributed by atoms with Crippen molar-refractivity contribution in [2.45, 2.75) is 12.6 Å². The van der Waals surface area contributed by atoms with Gasteiger partial charge in [-0.15, -0.1) is 0 Å². The highest BCUT2D eigenvalue weighted by Crippen LogP contribution is 2.23. The van der Waals surface area contributed by atoms with Crippen molar-refractivity contribution in [2.24, 2.45) is 5.73 Å². The average Bonchev–Trinajstić information content (AvgIpc) is 2.43. The predicted octanol–water partition coefficient (Wildman–Crippen LogP) is 2.57. The van der Waals surface area contributed by atoms with Gasteiger partial charge in [0.05, 0.1) is 5.02 Å². The quantitative estimate of drug-likeness (QED) is 0.706. The number of aliphatic hydroxyl groups excluding tert-OH is 1. The fourth-order valence-corrected chi connectivity index (χ4v) is 2.21. The third kappa shape index (κ3) is 4.42. The molecule has 0 spiro atoms. The predicted molar refractivity (Wildman–Crippen MR) is 85.2 cm³/mol. The minimum atomic E-state index is -0.853. The Balaban J connectivity index is 2.04. The lowest BCUT2D eigenvalue weighted by atomic mass is 10.1. The van der Waals surface area contributed by atoms with Crippen LogP contribution >= 0.6 is 27.5 Å². The zero-order valence-corrected chi connectivity index (χ0v) is 13.2. The average molecular weight is 371 g/mol. The van der Waals surface area contributed by atoms with Crippen LogP contribution in [0.25, 0.3) is 0 Å². The first-order valence-electron chi connectivity index (χ1n) is 6.10. The zero-order chi connectivity index (χ0) is 15.4. The molecule has 5 nitrogen and oxygen atoms in total. The molecule has 1 unspecified atom stereocenters. The van der Waals surface area contributed by atoms with Crippen LogP contribution in [-0.4, -0.2) is 22.2 Å². The molecule has 7 heteroatoms. The first-order valence-corrected chi connectivity index (χ1v) is 7.27. The molecule has 0 radical (unpaired) electrons. The monoisotopic (exact) mass is 369 g/mol. The van der Waals surface area contributed by atoms with Crippen LogP contribution < -0.4 is 11.1 Å². The molecule has 1 heterocycles. The number of carbonyl (C=O) groups is 1. The van der Waals surface area contributed by atoms with Crippen LogP contribution in [0.1, 0.15) is 15.9 Å². The van der Waals surface area contributed by atoms with Crippen molar-refractivity contribution in [2.75, 3.05) is 5.32 Å². The van der Waals surface area contributed by atoms with Crippen molar-refractivity contribution in [3.8, 4) is 0 Å². The molecule has 2 aromatic rings. The molecule has 21 heavy (non-hydrogen) atoms. The minimum Gasteiger partial charge on any atom is -0.373 e. The largest absolute Gasteiger partial charge is 0.373 e. The number of aromatic nitrogens is 1. The molecule has 1 aromatic carbocycles. The van der Waals surface area contributed by atoms with E-state index < -0.39 is 12.1 Å². The van der Waals surface area contributed by atoms with Crippen LogP contribution in [0.4, 0.5) is 5.82 Å². The maximum atomic E-state index is 11.1. The SMILES string of the molecule is NC(=O)c1cccc(CC(O)Nc2cc(Br)c(Cl)cn2)c1. The van der Waals surface area contributed by atoms with Crippen molar-refractivity contribution in [1.82, 2.24) is 4.98 Å². The molecule has 1 amide bonds. The van der Waals surface area contributed by atoms with Gasteiger partial charge in [0.15, 0.2) is 0 Å². The Morgan fingerprint density at radius 1 is 1.48 bits per heavy atom. The summed E-state index contributed by atoms with van der Waals surface area (Å²) in [6.45, 7) is 0. The molecule has 2 rings (SSSR count). The van der Waals surface area contributed by atoms with Crippen LogP contribution in [0, 0.1) is 0 Å². The van der Waals surface area contributed by atoms with Crippen molar-refractivity contribution >= 4 is 39.3 Å². The maximum Gasteiger partial charge on any atom is 0.248 e. The number of aliphatic hydroxyl groups is 1. The van der Waals surface area contributed by atoms with Gasteiger partial charge in [-0.05, 0) is 39.7 Å². The second-order valence-electron chi connectivity index (χ2n) is 4.41. The van der Waals surface area contributed by atoms with Crippen molar-refractivity contribution in [1.29, 1.82) is 0 Å². The van der Waals surface area contributed by atoms with Gasteiger partial charge in [-0.1, -0.05) is 23.7 Å². The summed E-state index contributed by atoms with van der Waals surface area (Å²) < 4.78 is 0.685. The first kappa shape index (κ1) is 15.8. The van der Waals surface area contributed by atoms with Crippen LogP contribution in [0.15, 0.2) is 41.0 Å². The molecule has 0 aliphatic rings. The molecular formula is C14H13BrClN3O2. The fraction of sp³-hybridized carbons (Fsp3) is 0.143. The van der Waals surface area contributed by atoms with E-state index in [0.717, 1.165) is 5.56 Å². The van der Waals surface area contributed by atoms with Gasteiger partial charge in [0.1, 0.15) is 12.0 Å². The summed E-state index contributed by atoms with van der Waals surface area (Å²) in [5.41, 5.74) is 6.42. The number of pyridine rings is 1. The van der Waals surface area contributed by atoms with Crippen LogP contribution in [0.5, 0.6) is 0 Å². The molecule has 1 atom stereocenters. The van der Waals surface area contributed by atoms with E-state index in [2.05, 4.69) is 26.2 Å². The number of carbonyl (C=O) groups excluding carboxylic acids is 1. The highest BCUT2D eigenvalue weighted by Gasteiger charge is 2.09. The number of amides is 1. The normalized spacial score (nSPS) is 12.0. The molecule has 0 bridgehead atoms. The Labute approximate surface area is 135 Å². The van der Waals surface area contributed by atoms with E-state index in [9.17, 15) is 9.90 Å². The second kappa shape index (κ2) is 6.89. The Morgan fingerprint density at radius 3 is 2.90 bits per heavy atom. The third-order valence-electron chi connectivity index (χ3n) is 2.76. The van der Waals surface area contributed by atoms with E-state index in [1.807, 2.05) is 6.07 Å². The number of halogens is 2. The lowest BCUT2D eigenvalue weighted by molar-refractivity contribution is 0.1000. The molecule has 4 N–H and O–H groups in total. The number of anilines is 1. The summed E-state index contributed by atoms with van der Waals surface area (Å²) in [4.78, 5) is 15.2. The molecule has 0 aliphatic heterocycles. The number of nitrogens with zero attached hydrogens (tertiary/aromatic N) is 1. The molecule has 0 saturated heterocycles. The summed E-state index contributed by atoms with van der Waals surface area (Å²) in [7, 11) is 0. The Kier molecular flexibility index (Phi) is 5.17. The summed E-state index contributed by atoms with van der Waals surface area (Å²) in [5.74, 6) is -0.00701. The smallest absolute Gasteiger partial charge is 0.248 e. The number of nitrogens with one attached hydrogen (secondary N) is 1. The van der Waals surface area contributed by atoms with Crippen molar-refractivity contribution in [3.63, 3.8) is 0 Å². The summed E-state index contributed by atoms with van der Waals surface area (Å²) in [5, 5.41) is 13.4. The van der Waals surface area contributed by atoms with Gasteiger partial charge in [0.25, 0.3) is 0 Å². The second-order valence-corrected chi connectivity index (χ2v) is 5.67. The fourth-order valence-electron chi connectivity index (χ4n) is 1.79. The first-order chi connectivity index (χ1) is 9.95. The van der Waals surface area contributed by atoms with Crippen molar-refractivity contribution in [3.05, 3.63) is 57.2 Å². The van der Waals surface area contributed by atoms with E-state index in [-0.39, 0.29) is 0 Å². The molecule has 0 saturated carbocycles. The Hall–Kier alpha value is -1.63. The number of benzene rings is 1. The molecular weight excluding hydrogens is 358 g/mol. The maximum absolute atomic E-state index is 11.1. The van der Waals surface area contributed by atoms with Gasteiger partial charge in [-0.25, -0.2) is 4.98 Å². The van der Waals surface area contributed by atoms with E-state index in [1.54, 1.807) is 24.3 Å². The Bertz CT molecular complexity index is 666. The van der Waals surface area contributed by atoms with Gasteiger partial charge in [0.2, 0.25) is 5.91 Å². The van der Waals surface area contributed by atoms with Crippen molar-refractivity contribution < 1.29 is 9.90 Å². The van der Waals surface area contributed by atoms with Crippen LogP contribution in [-0.2, 0) is 6.42 Å². The number of nitrogens with two attached hydrogens (primary N) is 1. The van der Waals surface area contributed by atoms with Gasteiger partial charge >= 0.3 is 0 Å². The lowest BCUT2D eigenvalue weighted by Gasteiger charge is -2.14. The zero-order valence-electron chi connectivity index (χ0n) is 10.9. The van der Waals surface area contributed by atoms with E-state index in [0.29, 0.717) is 27.3 Å². The number of hydrogen-bond donors (Lipinski definition) is 3. The minimum absolute atomic E-state index is 0.309. The van der Waals surface area contributed by atoms with Gasteiger partial charge < -0.3 is 16.2 Å². The standard InChI is InChI=1S/C14H13BrClN3O2/c15-10-6-12(18-7-11(10)16)19-13(20)5-8-2-1-3-9(4-8)14(17)21/h1-4,6-7,13,20H,5H2,(H2,17,21)(H,18,19). The highest BCUT2D eigenvalue weighted by molar-refractivity contribution is 9.10. The third-order valence-corrected chi connectivity index (χ3v) is 3.95. The number of hydrogen-bond acceptors (Lipinski definition) is 4. The van der Waals surface area contributed by atoms with Crippen LogP contribution in [0.3, 0.4) is 0 Å². The van der Waals surface area contributed by atoms with Crippen LogP contribution in [0.2, 0.25) is 5.02 Å².